The van der Waals surface area contributed by atoms with Crippen LogP contribution in [0.3, 0.4) is 0 Å². The Kier molecular flexibility index (Phi) is 5.65. The molecule has 2 aliphatic rings. The van der Waals surface area contributed by atoms with Crippen molar-refractivity contribution in [3.05, 3.63) is 17.6 Å². The van der Waals surface area contributed by atoms with E-state index in [1.54, 1.807) is 4.90 Å². The molecule has 0 aliphatic carbocycles. The summed E-state index contributed by atoms with van der Waals surface area (Å²) in [5.41, 5.74) is 0.654. The lowest BCUT2D eigenvalue weighted by Gasteiger charge is -2.36. The van der Waals surface area contributed by atoms with Gasteiger partial charge in [-0.25, -0.2) is 14.8 Å². The van der Waals surface area contributed by atoms with Crippen molar-refractivity contribution in [2.24, 2.45) is 0 Å². The highest BCUT2D eigenvalue weighted by Crippen LogP contribution is 2.28. The van der Waals surface area contributed by atoms with Crippen LogP contribution >= 0.6 is 0 Å². The molecule has 1 aromatic heterocycles. The molecule has 1 amide bonds. The summed E-state index contributed by atoms with van der Waals surface area (Å²) in [7, 11) is 0. The van der Waals surface area contributed by atoms with E-state index in [-0.39, 0.29) is 6.09 Å². The Labute approximate surface area is 155 Å². The Morgan fingerprint density at radius 2 is 1.81 bits per heavy atom. The molecule has 144 valence electrons. The van der Waals surface area contributed by atoms with Gasteiger partial charge < -0.3 is 19.3 Å². The summed E-state index contributed by atoms with van der Waals surface area (Å²) in [6.45, 7) is 12.0. The lowest BCUT2D eigenvalue weighted by Crippen LogP contribution is -2.50. The minimum Gasteiger partial charge on any atom is -0.444 e. The van der Waals surface area contributed by atoms with Crippen molar-refractivity contribution in [2.45, 2.75) is 52.1 Å². The Morgan fingerprint density at radius 3 is 2.42 bits per heavy atom. The number of aryl methyl sites for hydroxylation is 1. The molecule has 0 spiro atoms. The molecule has 7 nitrogen and oxygen atoms in total. The third-order valence-corrected chi connectivity index (χ3v) is 4.74. The second-order valence-corrected chi connectivity index (χ2v) is 8.04. The number of hydrogen-bond acceptors (Lipinski definition) is 6. The van der Waals surface area contributed by atoms with Gasteiger partial charge in [0.1, 0.15) is 17.2 Å². The Balaban J connectivity index is 1.64. The van der Waals surface area contributed by atoms with Crippen LogP contribution in [0.1, 0.15) is 51.0 Å². The van der Waals surface area contributed by atoms with Gasteiger partial charge in [-0.05, 0) is 40.5 Å². The van der Waals surface area contributed by atoms with Gasteiger partial charge in [0.05, 0.1) is 0 Å². The van der Waals surface area contributed by atoms with Gasteiger partial charge in [-0.3, -0.25) is 0 Å². The average molecular weight is 362 g/mol. The van der Waals surface area contributed by atoms with Crippen LogP contribution in [0.5, 0.6) is 0 Å². The highest BCUT2D eigenvalue weighted by molar-refractivity contribution is 5.68. The molecule has 2 saturated heterocycles. The van der Waals surface area contributed by atoms with E-state index < -0.39 is 5.60 Å². The molecule has 3 rings (SSSR count). The second-order valence-electron chi connectivity index (χ2n) is 8.04. The minimum absolute atomic E-state index is 0.237. The van der Waals surface area contributed by atoms with Crippen molar-refractivity contribution in [3.63, 3.8) is 0 Å². The van der Waals surface area contributed by atoms with Crippen LogP contribution in [-0.2, 0) is 9.47 Å². The molecule has 0 saturated carbocycles. The van der Waals surface area contributed by atoms with E-state index in [0.29, 0.717) is 19.0 Å². The zero-order chi connectivity index (χ0) is 18.7. The molecule has 0 bridgehead atoms. The number of amides is 1. The van der Waals surface area contributed by atoms with Crippen LogP contribution in [0.15, 0.2) is 6.07 Å². The number of carbonyl (C=O) groups is 1. The molecule has 2 aliphatic heterocycles. The zero-order valence-corrected chi connectivity index (χ0v) is 16.3. The van der Waals surface area contributed by atoms with Crippen molar-refractivity contribution in [2.75, 3.05) is 44.3 Å². The smallest absolute Gasteiger partial charge is 0.410 e. The molecule has 0 aromatic carbocycles. The first-order valence-electron chi connectivity index (χ1n) is 9.48. The molecular formula is C19H30N4O3. The van der Waals surface area contributed by atoms with Crippen LogP contribution in [-0.4, -0.2) is 66.0 Å². The number of rotatable bonds is 2. The van der Waals surface area contributed by atoms with Crippen molar-refractivity contribution in [3.8, 4) is 0 Å². The quantitative estimate of drug-likeness (QED) is 0.806. The van der Waals surface area contributed by atoms with Crippen LogP contribution < -0.4 is 4.90 Å². The van der Waals surface area contributed by atoms with Gasteiger partial charge in [-0.1, -0.05) is 0 Å². The second kappa shape index (κ2) is 7.78. The highest BCUT2D eigenvalue weighted by atomic mass is 16.6. The number of aromatic nitrogens is 2. The number of hydrogen-bond donors (Lipinski definition) is 0. The summed E-state index contributed by atoms with van der Waals surface area (Å²) in [5.74, 6) is 2.22. The number of anilines is 1. The molecule has 0 unspecified atom stereocenters. The maximum Gasteiger partial charge on any atom is 0.410 e. The Hall–Kier alpha value is -1.89. The molecule has 26 heavy (non-hydrogen) atoms. The van der Waals surface area contributed by atoms with Gasteiger partial charge in [0.15, 0.2) is 0 Å². The van der Waals surface area contributed by atoms with E-state index in [0.717, 1.165) is 56.5 Å². The number of piperazine rings is 1. The largest absolute Gasteiger partial charge is 0.444 e. The fourth-order valence-electron chi connectivity index (χ4n) is 3.38. The van der Waals surface area contributed by atoms with Gasteiger partial charge in [-0.15, -0.1) is 0 Å². The van der Waals surface area contributed by atoms with E-state index in [9.17, 15) is 4.79 Å². The highest BCUT2D eigenvalue weighted by Gasteiger charge is 2.27. The lowest BCUT2D eigenvalue weighted by molar-refractivity contribution is 0.0240. The van der Waals surface area contributed by atoms with Crippen molar-refractivity contribution >= 4 is 11.9 Å². The Bertz CT molecular complexity index is 630. The molecular weight excluding hydrogens is 332 g/mol. The van der Waals surface area contributed by atoms with Gasteiger partial charge >= 0.3 is 6.09 Å². The lowest BCUT2D eigenvalue weighted by atomic mass is 9.96. The zero-order valence-electron chi connectivity index (χ0n) is 16.3. The molecule has 1 aromatic rings. The van der Waals surface area contributed by atoms with E-state index in [2.05, 4.69) is 20.9 Å². The van der Waals surface area contributed by atoms with Crippen molar-refractivity contribution < 1.29 is 14.3 Å². The molecule has 0 radical (unpaired) electrons. The summed E-state index contributed by atoms with van der Waals surface area (Å²) >= 11 is 0. The van der Waals surface area contributed by atoms with Gasteiger partial charge in [0, 0.05) is 57.1 Å². The first kappa shape index (κ1) is 18.9. The molecule has 3 heterocycles. The molecule has 2 fully saturated rings. The van der Waals surface area contributed by atoms with Gasteiger partial charge in [-0.2, -0.15) is 0 Å². The monoisotopic (exact) mass is 362 g/mol. The van der Waals surface area contributed by atoms with Crippen LogP contribution in [0.4, 0.5) is 10.6 Å². The standard InChI is InChI=1S/C19H30N4O3/c1-14-20-16(15-5-11-25-12-6-15)13-17(21-14)22-7-9-23(10-8-22)18(24)26-19(2,3)4/h13,15H,5-12H2,1-4H3. The van der Waals surface area contributed by atoms with Crippen LogP contribution in [0.2, 0.25) is 0 Å². The average Bonchev–Trinajstić information content (AvgIpc) is 2.61. The third-order valence-electron chi connectivity index (χ3n) is 4.74. The predicted molar refractivity (Wildman–Crippen MR) is 99.6 cm³/mol. The number of nitrogens with zero attached hydrogens (tertiary/aromatic N) is 4. The molecule has 7 heteroatoms. The first-order valence-corrected chi connectivity index (χ1v) is 9.48. The topological polar surface area (TPSA) is 67.8 Å². The summed E-state index contributed by atoms with van der Waals surface area (Å²) in [6.07, 6.45) is 1.80. The molecule has 0 atom stereocenters. The fourth-order valence-corrected chi connectivity index (χ4v) is 3.38. The van der Waals surface area contributed by atoms with E-state index >= 15 is 0 Å². The van der Waals surface area contributed by atoms with Crippen molar-refractivity contribution in [1.82, 2.24) is 14.9 Å². The van der Waals surface area contributed by atoms with Crippen LogP contribution in [0.25, 0.3) is 0 Å². The normalized spacial score (nSPS) is 19.5. The Morgan fingerprint density at radius 1 is 1.15 bits per heavy atom. The first-order chi connectivity index (χ1) is 12.3. The molecule has 0 N–H and O–H groups in total. The van der Waals surface area contributed by atoms with E-state index in [1.807, 2.05) is 27.7 Å². The number of ether oxygens (including phenoxy) is 2. The van der Waals surface area contributed by atoms with E-state index in [1.165, 1.54) is 0 Å². The summed E-state index contributed by atoms with van der Waals surface area (Å²) in [6, 6.07) is 2.12. The number of carbonyl (C=O) groups excluding carboxylic acids is 1. The SMILES string of the molecule is Cc1nc(C2CCOCC2)cc(N2CCN(C(=O)OC(C)(C)C)CC2)n1. The fraction of sp³-hybridized carbons (Fsp3) is 0.737. The maximum atomic E-state index is 12.2. The third kappa shape index (κ3) is 4.84. The van der Waals surface area contributed by atoms with E-state index in [4.69, 9.17) is 9.47 Å². The van der Waals surface area contributed by atoms with Crippen LogP contribution in [0, 0.1) is 6.92 Å². The summed E-state index contributed by atoms with van der Waals surface area (Å²) < 4.78 is 10.9. The van der Waals surface area contributed by atoms with Gasteiger partial charge in [0.2, 0.25) is 0 Å². The summed E-state index contributed by atoms with van der Waals surface area (Å²) in [4.78, 5) is 25.5. The summed E-state index contributed by atoms with van der Waals surface area (Å²) in [5, 5.41) is 0. The van der Waals surface area contributed by atoms with Gasteiger partial charge in [0.25, 0.3) is 0 Å². The maximum absolute atomic E-state index is 12.2. The predicted octanol–water partition coefficient (Wildman–Crippen LogP) is 2.74. The minimum atomic E-state index is -0.462. The van der Waals surface area contributed by atoms with Crippen molar-refractivity contribution in [1.29, 1.82) is 0 Å².